The van der Waals surface area contributed by atoms with E-state index in [0.717, 1.165) is 25.2 Å². The molecule has 3 nitrogen and oxygen atoms in total. The van der Waals surface area contributed by atoms with Crippen LogP contribution in [0.2, 0.25) is 0 Å². The van der Waals surface area contributed by atoms with Crippen LogP contribution in [-0.2, 0) is 16.0 Å². The summed E-state index contributed by atoms with van der Waals surface area (Å²) >= 11 is 0. The van der Waals surface area contributed by atoms with E-state index in [1.54, 1.807) is 6.07 Å². The van der Waals surface area contributed by atoms with Crippen molar-refractivity contribution >= 4 is 6.79 Å². The molecule has 0 saturated carbocycles. The van der Waals surface area contributed by atoms with E-state index in [9.17, 15) is 5.11 Å². The average molecular weight is 294 g/mol. The lowest BCUT2D eigenvalue weighted by atomic mass is 10.0. The molecule has 0 atom stereocenters. The molecule has 1 fully saturated rings. The van der Waals surface area contributed by atoms with Crippen LogP contribution in [0.4, 0.5) is 0 Å². The topological polar surface area (TPSA) is 49.8 Å². The maximum atomic E-state index is 9.58. The first kappa shape index (κ1) is 19.7. The fourth-order valence-corrected chi connectivity index (χ4v) is 1.99. The van der Waals surface area contributed by atoms with Gasteiger partial charge in [0.1, 0.15) is 12.5 Å². The minimum Gasteiger partial charge on any atom is -0.508 e. The zero-order valence-electron chi connectivity index (χ0n) is 13.4. The van der Waals surface area contributed by atoms with Crippen molar-refractivity contribution < 1.29 is 14.6 Å². The van der Waals surface area contributed by atoms with Crippen LogP contribution in [0.3, 0.4) is 0 Å². The molecule has 0 amide bonds. The normalized spacial score (nSPS) is 11.7. The zero-order chi connectivity index (χ0) is 15.8. The van der Waals surface area contributed by atoms with Gasteiger partial charge in [-0.15, -0.1) is 0 Å². The SMILES string of the molecule is C1CO1.C=O.CCCCCCCCCc1ccccc1O. The summed E-state index contributed by atoms with van der Waals surface area (Å²) in [6.45, 7) is 6.25. The summed E-state index contributed by atoms with van der Waals surface area (Å²) in [5, 5.41) is 9.58. The summed E-state index contributed by atoms with van der Waals surface area (Å²) in [5.74, 6) is 0.452. The molecule has 0 radical (unpaired) electrons. The lowest BCUT2D eigenvalue weighted by Gasteiger charge is -2.04. The predicted molar refractivity (Wildman–Crippen MR) is 87.7 cm³/mol. The van der Waals surface area contributed by atoms with E-state index in [0.29, 0.717) is 5.75 Å². The third-order valence-corrected chi connectivity index (χ3v) is 3.25. The summed E-state index contributed by atoms with van der Waals surface area (Å²) < 4.78 is 4.50. The van der Waals surface area contributed by atoms with E-state index in [4.69, 9.17) is 4.79 Å². The van der Waals surface area contributed by atoms with E-state index in [2.05, 4.69) is 11.7 Å². The molecule has 21 heavy (non-hydrogen) atoms. The highest BCUT2D eigenvalue weighted by molar-refractivity contribution is 5.31. The molecule has 1 aromatic carbocycles. The number of carbonyl (C=O) groups is 1. The van der Waals surface area contributed by atoms with Crippen LogP contribution in [-0.4, -0.2) is 25.1 Å². The van der Waals surface area contributed by atoms with Crippen LogP contribution >= 0.6 is 0 Å². The Bertz CT molecular complexity index is 334. The van der Waals surface area contributed by atoms with Gasteiger partial charge < -0.3 is 14.6 Å². The lowest BCUT2D eigenvalue weighted by Crippen LogP contribution is -1.87. The number of unbranched alkanes of at least 4 members (excludes halogenated alkanes) is 6. The van der Waals surface area contributed by atoms with Crippen molar-refractivity contribution in [3.05, 3.63) is 29.8 Å². The third-order valence-electron chi connectivity index (χ3n) is 3.25. The van der Waals surface area contributed by atoms with Crippen molar-refractivity contribution in [2.45, 2.75) is 58.3 Å². The van der Waals surface area contributed by atoms with Gasteiger partial charge in [0.2, 0.25) is 0 Å². The third kappa shape index (κ3) is 13.4. The number of aromatic hydroxyl groups is 1. The van der Waals surface area contributed by atoms with Crippen molar-refractivity contribution in [2.75, 3.05) is 13.2 Å². The number of para-hydroxylation sites is 1. The minimum absolute atomic E-state index is 0.452. The number of rotatable bonds is 8. The number of ether oxygens (including phenoxy) is 1. The predicted octanol–water partition coefficient (Wildman–Crippen LogP) is 4.52. The van der Waals surface area contributed by atoms with Gasteiger partial charge in [-0.3, -0.25) is 0 Å². The lowest BCUT2D eigenvalue weighted by molar-refractivity contribution is -0.0979. The molecule has 1 heterocycles. The van der Waals surface area contributed by atoms with Crippen LogP contribution in [0, 0.1) is 0 Å². The molecule has 1 saturated heterocycles. The molecular weight excluding hydrogens is 264 g/mol. The summed E-state index contributed by atoms with van der Waals surface area (Å²) in [6, 6.07) is 7.67. The first-order valence-electron chi connectivity index (χ1n) is 7.98. The molecule has 0 bridgehead atoms. The monoisotopic (exact) mass is 294 g/mol. The largest absolute Gasteiger partial charge is 0.508 e. The van der Waals surface area contributed by atoms with Crippen molar-refractivity contribution in [2.24, 2.45) is 0 Å². The van der Waals surface area contributed by atoms with Crippen LogP contribution in [0.25, 0.3) is 0 Å². The van der Waals surface area contributed by atoms with Crippen molar-refractivity contribution in [3.8, 4) is 5.75 Å². The van der Waals surface area contributed by atoms with E-state index < -0.39 is 0 Å². The molecule has 0 aliphatic carbocycles. The van der Waals surface area contributed by atoms with Gasteiger partial charge in [-0.05, 0) is 24.5 Å². The second-order valence-corrected chi connectivity index (χ2v) is 5.11. The molecule has 0 unspecified atom stereocenters. The Morgan fingerprint density at radius 2 is 1.52 bits per heavy atom. The van der Waals surface area contributed by atoms with Crippen LogP contribution in [0.1, 0.15) is 57.4 Å². The van der Waals surface area contributed by atoms with Gasteiger partial charge in [0, 0.05) is 0 Å². The molecule has 2 rings (SSSR count). The Balaban J connectivity index is 0.000000684. The summed E-state index contributed by atoms with van der Waals surface area (Å²) in [4.78, 5) is 8.00. The number of phenols is 1. The van der Waals surface area contributed by atoms with E-state index >= 15 is 0 Å². The zero-order valence-corrected chi connectivity index (χ0v) is 13.4. The number of benzene rings is 1. The molecule has 0 spiro atoms. The second kappa shape index (κ2) is 15.0. The number of hydrogen-bond acceptors (Lipinski definition) is 3. The van der Waals surface area contributed by atoms with Crippen LogP contribution in [0.5, 0.6) is 5.75 Å². The Morgan fingerprint density at radius 1 is 1.00 bits per heavy atom. The maximum Gasteiger partial charge on any atom is 0.118 e. The highest BCUT2D eigenvalue weighted by Gasteiger charge is 1.98. The Hall–Kier alpha value is -1.35. The molecule has 0 aromatic heterocycles. The minimum atomic E-state index is 0.452. The highest BCUT2D eigenvalue weighted by atomic mass is 16.6. The van der Waals surface area contributed by atoms with Gasteiger partial charge in [-0.1, -0.05) is 63.6 Å². The van der Waals surface area contributed by atoms with E-state index in [-0.39, 0.29) is 0 Å². The van der Waals surface area contributed by atoms with E-state index in [1.807, 2.05) is 25.0 Å². The molecule has 120 valence electrons. The van der Waals surface area contributed by atoms with Gasteiger partial charge in [0.15, 0.2) is 0 Å². The first-order chi connectivity index (χ1) is 10.3. The molecule has 1 aliphatic rings. The van der Waals surface area contributed by atoms with Crippen LogP contribution in [0.15, 0.2) is 24.3 Å². The van der Waals surface area contributed by atoms with Crippen molar-refractivity contribution in [3.63, 3.8) is 0 Å². The number of epoxide rings is 1. The van der Waals surface area contributed by atoms with Gasteiger partial charge in [-0.2, -0.15) is 0 Å². The smallest absolute Gasteiger partial charge is 0.118 e. The number of carbonyl (C=O) groups excluding carboxylic acids is 1. The molecule has 3 heteroatoms. The Labute approximate surface area is 129 Å². The van der Waals surface area contributed by atoms with Crippen molar-refractivity contribution in [1.29, 1.82) is 0 Å². The maximum absolute atomic E-state index is 9.58. The molecule has 1 aliphatic heterocycles. The first-order valence-corrected chi connectivity index (χ1v) is 7.98. The molecule has 1 aromatic rings. The van der Waals surface area contributed by atoms with Crippen molar-refractivity contribution in [1.82, 2.24) is 0 Å². The van der Waals surface area contributed by atoms with Gasteiger partial charge >= 0.3 is 0 Å². The van der Waals surface area contributed by atoms with Gasteiger partial charge in [-0.25, -0.2) is 0 Å². The van der Waals surface area contributed by atoms with E-state index in [1.165, 1.54) is 44.9 Å². The second-order valence-electron chi connectivity index (χ2n) is 5.11. The van der Waals surface area contributed by atoms with Gasteiger partial charge in [0.05, 0.1) is 13.2 Å². The van der Waals surface area contributed by atoms with Crippen LogP contribution < -0.4 is 0 Å². The number of aryl methyl sites for hydroxylation is 1. The Morgan fingerprint density at radius 3 is 2.05 bits per heavy atom. The summed E-state index contributed by atoms with van der Waals surface area (Å²) in [6.07, 6.45) is 10.3. The standard InChI is InChI=1S/C15H24O.C2H4O.CH2O/c1-2-3-4-5-6-7-8-11-14-12-9-10-13-15(14)16;1-2-3-1;1-2/h9-10,12-13,16H,2-8,11H2,1H3;1-2H2;1H2. The molecular formula is C18H30O3. The quantitative estimate of drug-likeness (QED) is 0.566. The number of hydrogen-bond donors (Lipinski definition) is 1. The highest BCUT2D eigenvalue weighted by Crippen LogP contribution is 2.18. The molecule has 1 N–H and O–H groups in total. The van der Waals surface area contributed by atoms with Gasteiger partial charge in [0.25, 0.3) is 0 Å². The summed E-state index contributed by atoms with van der Waals surface area (Å²) in [7, 11) is 0. The fourth-order valence-electron chi connectivity index (χ4n) is 1.99. The fraction of sp³-hybridized carbons (Fsp3) is 0.611. The Kier molecular flexibility index (Phi) is 14.1. The average Bonchev–Trinajstić information content (AvgIpc) is 3.39. The number of phenolic OH excluding ortho intramolecular Hbond substituents is 1. The summed E-state index contributed by atoms with van der Waals surface area (Å²) in [5.41, 5.74) is 1.09.